The Morgan fingerprint density at radius 1 is 0.528 bits per heavy atom. The first-order valence-electron chi connectivity index (χ1n) is 12.7. The van der Waals surface area contributed by atoms with E-state index in [1.165, 1.54) is 71.6 Å². The predicted molar refractivity (Wildman–Crippen MR) is 152 cm³/mol. The van der Waals surface area contributed by atoms with Gasteiger partial charge in [-0.1, -0.05) is 80.6 Å². The van der Waals surface area contributed by atoms with Crippen LogP contribution < -0.4 is 0 Å². The topological polar surface area (TPSA) is 9.86 Å². The largest absolute Gasteiger partial charge is 0.344 e. The molecule has 0 saturated carbocycles. The van der Waals surface area contributed by atoms with Crippen molar-refractivity contribution in [3.8, 4) is 16.8 Å². The molecule has 7 aromatic rings. The number of aromatic nitrogens is 2. The number of benzene rings is 5. The minimum atomic E-state index is -0.0242. The zero-order valence-electron chi connectivity index (χ0n) is 20.7. The lowest BCUT2D eigenvalue weighted by Gasteiger charge is -2.22. The van der Waals surface area contributed by atoms with E-state index in [0.29, 0.717) is 0 Å². The van der Waals surface area contributed by atoms with Crippen LogP contribution >= 0.6 is 0 Å². The number of aryl methyl sites for hydroxylation is 1. The van der Waals surface area contributed by atoms with Crippen LogP contribution in [0.25, 0.3) is 60.4 Å². The van der Waals surface area contributed by atoms with E-state index in [1.807, 2.05) is 0 Å². The number of hydrogen-bond acceptors (Lipinski definition) is 0. The van der Waals surface area contributed by atoms with E-state index in [2.05, 4.69) is 133 Å². The average molecular weight is 463 g/mol. The van der Waals surface area contributed by atoms with Crippen molar-refractivity contribution >= 4 is 43.6 Å². The van der Waals surface area contributed by atoms with E-state index in [-0.39, 0.29) is 5.41 Å². The summed E-state index contributed by atoms with van der Waals surface area (Å²) in [5, 5.41) is 5.30. The molecule has 2 nitrogen and oxygen atoms in total. The highest BCUT2D eigenvalue weighted by molar-refractivity contribution is 6.28. The third kappa shape index (κ3) is 2.32. The molecule has 2 heteroatoms. The molecule has 1 aliphatic rings. The van der Waals surface area contributed by atoms with Crippen LogP contribution in [0, 0.1) is 0 Å². The van der Waals surface area contributed by atoms with Gasteiger partial charge in [0, 0.05) is 50.7 Å². The third-order valence-electron chi connectivity index (χ3n) is 8.54. The van der Waals surface area contributed by atoms with E-state index < -0.39 is 0 Å². The van der Waals surface area contributed by atoms with Crippen LogP contribution in [0.15, 0.2) is 103 Å². The van der Waals surface area contributed by atoms with Crippen LogP contribution in [0.4, 0.5) is 0 Å². The quantitative estimate of drug-likeness (QED) is 0.231. The maximum atomic E-state index is 2.46. The molecule has 172 valence electrons. The molecule has 36 heavy (non-hydrogen) atoms. The van der Waals surface area contributed by atoms with Crippen molar-refractivity contribution in [2.75, 3.05) is 0 Å². The molecule has 0 amide bonds. The molecule has 0 N–H and O–H groups in total. The van der Waals surface area contributed by atoms with Gasteiger partial charge in [0.1, 0.15) is 0 Å². The van der Waals surface area contributed by atoms with Crippen LogP contribution in [-0.2, 0) is 12.5 Å². The van der Waals surface area contributed by atoms with E-state index in [0.717, 1.165) is 0 Å². The summed E-state index contributed by atoms with van der Waals surface area (Å²) in [5.74, 6) is 0. The number of rotatable bonds is 1. The van der Waals surface area contributed by atoms with Crippen molar-refractivity contribution in [1.82, 2.24) is 9.13 Å². The molecule has 8 rings (SSSR count). The lowest BCUT2D eigenvalue weighted by atomic mass is 9.82. The second-order valence-electron chi connectivity index (χ2n) is 10.7. The molecular formula is C34H26N2. The van der Waals surface area contributed by atoms with Gasteiger partial charge < -0.3 is 9.13 Å². The molecule has 0 aliphatic heterocycles. The molecule has 0 radical (unpaired) electrons. The van der Waals surface area contributed by atoms with Crippen molar-refractivity contribution in [1.29, 1.82) is 0 Å². The molecule has 0 atom stereocenters. The van der Waals surface area contributed by atoms with Gasteiger partial charge in [-0.2, -0.15) is 0 Å². The zero-order chi connectivity index (χ0) is 24.2. The van der Waals surface area contributed by atoms with E-state index in [9.17, 15) is 0 Å². The van der Waals surface area contributed by atoms with E-state index in [4.69, 9.17) is 0 Å². The van der Waals surface area contributed by atoms with Crippen molar-refractivity contribution in [2.45, 2.75) is 19.3 Å². The lowest BCUT2D eigenvalue weighted by molar-refractivity contribution is 0.660. The fourth-order valence-electron chi connectivity index (χ4n) is 6.82. The number of para-hydroxylation sites is 2. The summed E-state index contributed by atoms with van der Waals surface area (Å²) in [7, 11) is 2.18. The van der Waals surface area contributed by atoms with Crippen LogP contribution in [0.5, 0.6) is 0 Å². The Bertz CT molecular complexity index is 2030. The SMILES string of the molecule is Cn1c2ccccc2c2c3c4ccccc4n(-c4ccc5c(c4)C(C)(C)c4ccccc4-5)c3ccc21. The van der Waals surface area contributed by atoms with Crippen LogP contribution in [-0.4, -0.2) is 9.13 Å². The monoisotopic (exact) mass is 462 g/mol. The average Bonchev–Trinajstić information content (AvgIpc) is 3.48. The highest BCUT2D eigenvalue weighted by Crippen LogP contribution is 2.49. The Balaban J connectivity index is 1.50. The highest BCUT2D eigenvalue weighted by atomic mass is 15.0. The molecule has 2 aromatic heterocycles. The van der Waals surface area contributed by atoms with Gasteiger partial charge in [-0.3, -0.25) is 0 Å². The van der Waals surface area contributed by atoms with E-state index in [1.54, 1.807) is 0 Å². The van der Waals surface area contributed by atoms with Crippen LogP contribution in [0.2, 0.25) is 0 Å². The van der Waals surface area contributed by atoms with Gasteiger partial charge in [0.05, 0.1) is 11.0 Å². The minimum absolute atomic E-state index is 0.0242. The summed E-state index contributed by atoms with van der Waals surface area (Å²) >= 11 is 0. The second-order valence-corrected chi connectivity index (χ2v) is 10.7. The van der Waals surface area contributed by atoms with Crippen LogP contribution in [0.3, 0.4) is 0 Å². The summed E-state index contributed by atoms with van der Waals surface area (Å²) in [6.07, 6.45) is 0. The number of nitrogens with zero attached hydrogens (tertiary/aromatic N) is 2. The Morgan fingerprint density at radius 2 is 1.14 bits per heavy atom. The third-order valence-corrected chi connectivity index (χ3v) is 8.54. The molecule has 1 aliphatic carbocycles. The molecule has 2 heterocycles. The van der Waals surface area contributed by atoms with Crippen molar-refractivity contribution in [3.63, 3.8) is 0 Å². The molecule has 0 spiro atoms. The van der Waals surface area contributed by atoms with Gasteiger partial charge in [0.15, 0.2) is 0 Å². The molecule has 5 aromatic carbocycles. The highest BCUT2D eigenvalue weighted by Gasteiger charge is 2.35. The van der Waals surface area contributed by atoms with Crippen molar-refractivity contribution < 1.29 is 0 Å². The van der Waals surface area contributed by atoms with Gasteiger partial charge in [0.2, 0.25) is 0 Å². The number of hydrogen-bond donors (Lipinski definition) is 0. The molecule has 0 unspecified atom stereocenters. The van der Waals surface area contributed by atoms with Gasteiger partial charge in [-0.05, 0) is 58.7 Å². The first-order valence-corrected chi connectivity index (χ1v) is 12.7. The van der Waals surface area contributed by atoms with Gasteiger partial charge in [-0.15, -0.1) is 0 Å². The fourth-order valence-corrected chi connectivity index (χ4v) is 6.82. The zero-order valence-corrected chi connectivity index (χ0v) is 20.7. The van der Waals surface area contributed by atoms with Gasteiger partial charge >= 0.3 is 0 Å². The number of fused-ring (bicyclic) bond motifs is 10. The van der Waals surface area contributed by atoms with Crippen LogP contribution in [0.1, 0.15) is 25.0 Å². The first kappa shape index (κ1) is 19.9. The summed E-state index contributed by atoms with van der Waals surface area (Å²) in [4.78, 5) is 0. The first-order chi connectivity index (χ1) is 17.6. The minimum Gasteiger partial charge on any atom is -0.344 e. The molecule has 0 bridgehead atoms. The van der Waals surface area contributed by atoms with Gasteiger partial charge in [0.25, 0.3) is 0 Å². The second kappa shape index (κ2) is 6.67. The summed E-state index contributed by atoms with van der Waals surface area (Å²) in [5.41, 5.74) is 11.8. The van der Waals surface area contributed by atoms with Crippen molar-refractivity contribution in [3.05, 3.63) is 114 Å². The Morgan fingerprint density at radius 3 is 1.97 bits per heavy atom. The van der Waals surface area contributed by atoms with E-state index >= 15 is 0 Å². The normalized spacial score (nSPS) is 14.2. The van der Waals surface area contributed by atoms with Gasteiger partial charge in [-0.25, -0.2) is 0 Å². The Hall–Kier alpha value is -4.30. The Labute approximate surface area is 210 Å². The standard InChI is InChI=1S/C34H26N2/c1-34(2)26-13-7-4-10-22(26)23-17-16-21(20-27(23)34)36-29-15-9-6-12-25(29)33-31(36)19-18-30-32(33)24-11-5-8-14-28(24)35(30)3/h4-20H,1-3H3. The Kier molecular flexibility index (Phi) is 3.70. The lowest BCUT2D eigenvalue weighted by Crippen LogP contribution is -2.15. The smallest absolute Gasteiger partial charge is 0.0548 e. The molecule has 0 saturated heterocycles. The predicted octanol–water partition coefficient (Wildman–Crippen LogP) is 8.73. The summed E-state index contributed by atoms with van der Waals surface area (Å²) in [6, 6.07) is 38.2. The summed E-state index contributed by atoms with van der Waals surface area (Å²) in [6.45, 7) is 4.71. The maximum Gasteiger partial charge on any atom is 0.0548 e. The fraction of sp³-hybridized carbons (Fsp3) is 0.118. The maximum absolute atomic E-state index is 2.46. The molecular weight excluding hydrogens is 436 g/mol. The van der Waals surface area contributed by atoms with Crippen molar-refractivity contribution in [2.24, 2.45) is 7.05 Å². The molecule has 0 fully saturated rings. The summed E-state index contributed by atoms with van der Waals surface area (Å²) < 4.78 is 4.79.